The van der Waals surface area contributed by atoms with Gasteiger partial charge in [-0.15, -0.1) is 11.3 Å². The van der Waals surface area contributed by atoms with Gasteiger partial charge in [-0.25, -0.2) is 0 Å². The van der Waals surface area contributed by atoms with E-state index in [1.165, 1.54) is 12.8 Å². The molecule has 0 spiro atoms. The number of anilines is 1. The molecule has 2 heterocycles. The summed E-state index contributed by atoms with van der Waals surface area (Å²) >= 11 is 1.65. The Kier molecular flexibility index (Phi) is 4.05. The van der Waals surface area contributed by atoms with E-state index < -0.39 is 5.91 Å². The molecule has 6 heteroatoms. The van der Waals surface area contributed by atoms with Crippen LogP contribution in [-0.4, -0.2) is 16.4 Å². The molecule has 25 heavy (non-hydrogen) atoms. The smallest absolute Gasteiger partial charge is 0.272 e. The highest BCUT2D eigenvalue weighted by atomic mass is 32.1. The molecule has 0 atom stereocenters. The van der Waals surface area contributed by atoms with E-state index in [0.717, 1.165) is 23.1 Å². The van der Waals surface area contributed by atoms with Crippen LogP contribution >= 0.6 is 11.3 Å². The Bertz CT molecular complexity index is 951. The highest BCUT2D eigenvalue weighted by Crippen LogP contribution is 2.36. The normalized spacial score (nSPS) is 14.9. The molecule has 0 bridgehead atoms. The number of nitrogens with two attached hydrogens (primary N) is 1. The van der Waals surface area contributed by atoms with Crippen molar-refractivity contribution < 1.29 is 9.59 Å². The number of nitrogens with zero attached hydrogens (tertiary/aromatic N) is 1. The molecule has 1 aromatic carbocycles. The lowest BCUT2D eigenvalue weighted by Gasteiger charge is -2.17. The third-order valence-corrected chi connectivity index (χ3v) is 5.64. The molecule has 0 aliphatic heterocycles. The van der Waals surface area contributed by atoms with Crippen molar-refractivity contribution in [2.24, 2.45) is 5.73 Å². The van der Waals surface area contributed by atoms with Gasteiger partial charge in [-0.2, -0.15) is 0 Å². The van der Waals surface area contributed by atoms with Crippen LogP contribution in [0.15, 0.2) is 41.8 Å². The maximum atomic E-state index is 12.9. The van der Waals surface area contributed by atoms with Gasteiger partial charge in [-0.3, -0.25) is 9.59 Å². The molecule has 3 N–H and O–H groups in total. The number of rotatable bonds is 4. The summed E-state index contributed by atoms with van der Waals surface area (Å²) in [4.78, 5) is 24.2. The lowest BCUT2D eigenvalue weighted by molar-refractivity contribution is 0.0994. The topological polar surface area (TPSA) is 77.1 Å². The second kappa shape index (κ2) is 6.37. The fraction of sp³-hybridized carbons (Fsp3) is 0.263. The summed E-state index contributed by atoms with van der Waals surface area (Å²) in [6, 6.07) is 11.1. The summed E-state index contributed by atoms with van der Waals surface area (Å²) in [6.45, 7) is 0. The van der Waals surface area contributed by atoms with Crippen LogP contribution in [0.5, 0.6) is 0 Å². The van der Waals surface area contributed by atoms with Gasteiger partial charge in [0.1, 0.15) is 5.69 Å². The van der Waals surface area contributed by atoms with E-state index >= 15 is 0 Å². The van der Waals surface area contributed by atoms with Gasteiger partial charge in [-0.1, -0.05) is 18.9 Å². The molecule has 0 saturated heterocycles. The molecular formula is C19H19N3O2S. The van der Waals surface area contributed by atoms with Gasteiger partial charge < -0.3 is 15.6 Å². The minimum absolute atomic E-state index is 0.156. The van der Waals surface area contributed by atoms with Gasteiger partial charge >= 0.3 is 0 Å². The first-order chi connectivity index (χ1) is 12.1. The van der Waals surface area contributed by atoms with E-state index in [2.05, 4.69) is 21.3 Å². The Hall–Kier alpha value is -2.60. The number of aromatic nitrogens is 1. The van der Waals surface area contributed by atoms with Gasteiger partial charge in [0.05, 0.1) is 10.2 Å². The van der Waals surface area contributed by atoms with Gasteiger partial charge in [0, 0.05) is 17.3 Å². The maximum absolute atomic E-state index is 12.9. The van der Waals surface area contributed by atoms with Crippen LogP contribution in [-0.2, 0) is 0 Å². The van der Waals surface area contributed by atoms with Crippen molar-refractivity contribution in [3.05, 3.63) is 53.0 Å². The Balaban J connectivity index is 1.68. The standard InChI is InChI=1S/C19H19N3O2S/c20-18(23)12-4-3-5-13(10-12)21-19(24)16-11-17-15(8-9-25-17)22(16)14-6-1-2-7-14/h3-5,8-11,14H,1-2,6-7H2,(H2,20,23)(H,21,24). The number of amides is 2. The molecule has 5 nitrogen and oxygen atoms in total. The molecular weight excluding hydrogens is 334 g/mol. The van der Waals surface area contributed by atoms with E-state index in [1.54, 1.807) is 35.6 Å². The minimum Gasteiger partial charge on any atom is -0.366 e. The summed E-state index contributed by atoms with van der Waals surface area (Å²) in [5.41, 5.74) is 8.08. The van der Waals surface area contributed by atoms with E-state index in [-0.39, 0.29) is 5.91 Å². The number of benzene rings is 1. The number of carbonyl (C=O) groups excluding carboxylic acids is 2. The fourth-order valence-corrected chi connectivity index (χ4v) is 4.43. The van der Waals surface area contributed by atoms with Crippen LogP contribution in [0.4, 0.5) is 5.69 Å². The molecule has 1 aliphatic rings. The number of hydrogen-bond acceptors (Lipinski definition) is 3. The second-order valence-corrected chi connectivity index (χ2v) is 7.35. The van der Waals surface area contributed by atoms with Crippen molar-refractivity contribution in [2.45, 2.75) is 31.7 Å². The zero-order valence-electron chi connectivity index (χ0n) is 13.7. The number of fused-ring (bicyclic) bond motifs is 1. The van der Waals surface area contributed by atoms with Crippen molar-refractivity contribution in [3.63, 3.8) is 0 Å². The van der Waals surface area contributed by atoms with Crippen LogP contribution in [0.2, 0.25) is 0 Å². The lowest BCUT2D eigenvalue weighted by Crippen LogP contribution is -2.19. The zero-order valence-corrected chi connectivity index (χ0v) is 14.5. The van der Waals surface area contributed by atoms with Crippen LogP contribution < -0.4 is 11.1 Å². The number of hydrogen-bond donors (Lipinski definition) is 2. The average Bonchev–Trinajstić information content (AvgIpc) is 3.31. The molecule has 0 radical (unpaired) electrons. The molecule has 2 aromatic heterocycles. The second-order valence-electron chi connectivity index (χ2n) is 6.41. The monoisotopic (exact) mass is 353 g/mol. The number of carbonyl (C=O) groups is 2. The molecule has 3 aromatic rings. The molecule has 4 rings (SSSR count). The Morgan fingerprint density at radius 3 is 2.72 bits per heavy atom. The van der Waals surface area contributed by atoms with Gasteiger partial charge in [-0.05, 0) is 48.6 Å². The predicted octanol–water partition coefficient (Wildman–Crippen LogP) is 4.17. The van der Waals surface area contributed by atoms with E-state index in [1.807, 2.05) is 6.07 Å². The molecule has 1 saturated carbocycles. The number of nitrogens with one attached hydrogen (secondary N) is 1. The number of thiophene rings is 1. The van der Waals surface area contributed by atoms with E-state index in [4.69, 9.17) is 5.73 Å². The highest BCUT2D eigenvalue weighted by Gasteiger charge is 2.25. The first-order valence-corrected chi connectivity index (χ1v) is 9.31. The SMILES string of the molecule is NC(=O)c1cccc(NC(=O)c2cc3sccc3n2C2CCCC2)c1. The largest absolute Gasteiger partial charge is 0.366 e. The summed E-state index contributed by atoms with van der Waals surface area (Å²) in [5.74, 6) is -0.664. The Morgan fingerprint density at radius 2 is 1.96 bits per heavy atom. The first kappa shape index (κ1) is 15.9. The minimum atomic E-state index is -0.508. The first-order valence-electron chi connectivity index (χ1n) is 8.43. The van der Waals surface area contributed by atoms with Crippen LogP contribution in [0.25, 0.3) is 10.2 Å². The summed E-state index contributed by atoms with van der Waals surface area (Å²) < 4.78 is 3.31. The third kappa shape index (κ3) is 2.93. The molecule has 1 fully saturated rings. The molecule has 0 unspecified atom stereocenters. The van der Waals surface area contributed by atoms with Crippen LogP contribution in [0.3, 0.4) is 0 Å². The van der Waals surface area contributed by atoms with Crippen LogP contribution in [0.1, 0.15) is 52.6 Å². The molecule has 128 valence electrons. The van der Waals surface area contributed by atoms with Crippen molar-refractivity contribution in [3.8, 4) is 0 Å². The molecule has 1 aliphatic carbocycles. The average molecular weight is 353 g/mol. The highest BCUT2D eigenvalue weighted by molar-refractivity contribution is 7.17. The third-order valence-electron chi connectivity index (χ3n) is 4.79. The predicted molar refractivity (Wildman–Crippen MR) is 100 cm³/mol. The van der Waals surface area contributed by atoms with Crippen molar-refractivity contribution in [2.75, 3.05) is 5.32 Å². The van der Waals surface area contributed by atoms with E-state index in [9.17, 15) is 9.59 Å². The quantitative estimate of drug-likeness (QED) is 0.738. The Morgan fingerprint density at radius 1 is 1.16 bits per heavy atom. The van der Waals surface area contributed by atoms with E-state index in [0.29, 0.717) is 23.0 Å². The maximum Gasteiger partial charge on any atom is 0.272 e. The summed E-state index contributed by atoms with van der Waals surface area (Å²) in [6.07, 6.45) is 4.63. The van der Waals surface area contributed by atoms with Crippen molar-refractivity contribution in [1.82, 2.24) is 4.57 Å². The lowest BCUT2D eigenvalue weighted by atomic mass is 10.2. The van der Waals surface area contributed by atoms with Gasteiger partial charge in [0.2, 0.25) is 5.91 Å². The molecule has 2 amide bonds. The van der Waals surface area contributed by atoms with Crippen molar-refractivity contribution in [1.29, 1.82) is 0 Å². The van der Waals surface area contributed by atoms with Crippen molar-refractivity contribution >= 4 is 39.1 Å². The van der Waals surface area contributed by atoms with Gasteiger partial charge in [0.25, 0.3) is 5.91 Å². The number of primary amides is 1. The summed E-state index contributed by atoms with van der Waals surface area (Å²) in [5, 5.41) is 4.97. The van der Waals surface area contributed by atoms with Gasteiger partial charge in [0.15, 0.2) is 0 Å². The zero-order chi connectivity index (χ0) is 17.4. The Labute approximate surface area is 149 Å². The van der Waals surface area contributed by atoms with Crippen LogP contribution in [0, 0.1) is 0 Å². The summed E-state index contributed by atoms with van der Waals surface area (Å²) in [7, 11) is 0. The fourth-order valence-electron chi connectivity index (χ4n) is 3.62.